The van der Waals surface area contributed by atoms with Gasteiger partial charge < -0.3 is 5.32 Å². The lowest BCUT2D eigenvalue weighted by molar-refractivity contribution is -0.121. The fraction of sp³-hybridized carbons (Fsp3) is 0.118. The largest absolute Gasteiger partial charge is 0.350 e. The van der Waals surface area contributed by atoms with Crippen molar-refractivity contribution in [2.75, 3.05) is 6.54 Å². The zero-order valence-electron chi connectivity index (χ0n) is 12.4. The minimum absolute atomic E-state index is 0.179. The first-order valence-electron chi connectivity index (χ1n) is 7.13. The average molecular weight is 363 g/mol. The molecule has 7 heteroatoms. The van der Waals surface area contributed by atoms with Gasteiger partial charge in [0.15, 0.2) is 0 Å². The molecule has 0 radical (unpaired) electrons. The monoisotopic (exact) mass is 362 g/mol. The molecule has 0 bridgehead atoms. The highest BCUT2D eigenvalue weighted by molar-refractivity contribution is 6.35. The van der Waals surface area contributed by atoms with Crippen molar-refractivity contribution in [1.29, 1.82) is 0 Å². The highest BCUT2D eigenvalue weighted by Gasteiger charge is 2.36. The number of halogens is 2. The molecule has 1 N–H and O–H groups in total. The molecule has 1 aliphatic heterocycles. The van der Waals surface area contributed by atoms with E-state index in [0.29, 0.717) is 26.7 Å². The summed E-state index contributed by atoms with van der Waals surface area (Å²) in [6.07, 6.45) is 0. The predicted molar refractivity (Wildman–Crippen MR) is 90.1 cm³/mol. The van der Waals surface area contributed by atoms with Crippen LogP contribution in [0.3, 0.4) is 0 Å². The van der Waals surface area contributed by atoms with E-state index in [4.69, 9.17) is 23.2 Å². The molecule has 24 heavy (non-hydrogen) atoms. The normalized spacial score (nSPS) is 13.2. The van der Waals surface area contributed by atoms with Crippen LogP contribution in [0.2, 0.25) is 10.0 Å². The van der Waals surface area contributed by atoms with Crippen molar-refractivity contribution in [1.82, 2.24) is 10.2 Å². The Kier molecular flexibility index (Phi) is 4.55. The lowest BCUT2D eigenvalue weighted by atomic mass is 10.1. The molecule has 3 rings (SSSR count). The first-order valence-corrected chi connectivity index (χ1v) is 7.89. The second kappa shape index (κ2) is 6.63. The Morgan fingerprint density at radius 1 is 1.00 bits per heavy atom. The van der Waals surface area contributed by atoms with Gasteiger partial charge in [-0.3, -0.25) is 19.3 Å². The van der Waals surface area contributed by atoms with Crippen LogP contribution in [0.5, 0.6) is 0 Å². The molecule has 5 nitrogen and oxygen atoms in total. The van der Waals surface area contributed by atoms with Gasteiger partial charge in [-0.1, -0.05) is 41.4 Å². The van der Waals surface area contributed by atoms with Crippen molar-refractivity contribution < 1.29 is 14.4 Å². The topological polar surface area (TPSA) is 66.5 Å². The van der Waals surface area contributed by atoms with Crippen molar-refractivity contribution in [2.45, 2.75) is 6.54 Å². The van der Waals surface area contributed by atoms with E-state index >= 15 is 0 Å². The van der Waals surface area contributed by atoms with Gasteiger partial charge in [0.2, 0.25) is 5.91 Å². The fourth-order valence-electron chi connectivity index (χ4n) is 2.44. The number of hydrogen-bond acceptors (Lipinski definition) is 3. The minimum atomic E-state index is -0.463. The Hall–Kier alpha value is -2.37. The molecular formula is C17H12Cl2N2O3. The number of carbonyl (C=O) groups excluding carboxylic acids is 3. The van der Waals surface area contributed by atoms with Crippen LogP contribution in [0.4, 0.5) is 0 Å². The second-order valence-corrected chi connectivity index (χ2v) is 6.10. The smallest absolute Gasteiger partial charge is 0.262 e. The van der Waals surface area contributed by atoms with Crippen molar-refractivity contribution in [3.63, 3.8) is 0 Å². The number of benzene rings is 2. The van der Waals surface area contributed by atoms with Crippen LogP contribution < -0.4 is 5.32 Å². The van der Waals surface area contributed by atoms with Gasteiger partial charge in [0, 0.05) is 16.6 Å². The highest BCUT2D eigenvalue weighted by Crippen LogP contribution is 2.22. The number of carbonyl (C=O) groups is 3. The Labute approximate surface area is 148 Å². The van der Waals surface area contributed by atoms with E-state index in [1.165, 1.54) is 0 Å². The van der Waals surface area contributed by atoms with Crippen molar-refractivity contribution in [3.05, 3.63) is 69.2 Å². The number of hydrogen-bond donors (Lipinski definition) is 1. The fourth-order valence-corrected chi connectivity index (χ4v) is 2.92. The quantitative estimate of drug-likeness (QED) is 0.850. The molecule has 0 atom stereocenters. The maximum Gasteiger partial charge on any atom is 0.262 e. The zero-order valence-corrected chi connectivity index (χ0v) is 13.9. The van der Waals surface area contributed by atoms with Gasteiger partial charge >= 0.3 is 0 Å². The summed E-state index contributed by atoms with van der Waals surface area (Å²) in [4.78, 5) is 37.4. The lowest BCUT2D eigenvalue weighted by Gasteiger charge is -2.14. The number of fused-ring (bicyclic) bond motifs is 1. The number of amides is 3. The van der Waals surface area contributed by atoms with Crippen LogP contribution in [0.25, 0.3) is 0 Å². The Balaban J connectivity index is 1.64. The molecule has 122 valence electrons. The van der Waals surface area contributed by atoms with Crippen LogP contribution in [-0.4, -0.2) is 29.2 Å². The van der Waals surface area contributed by atoms with E-state index in [9.17, 15) is 14.4 Å². The number of imide groups is 1. The van der Waals surface area contributed by atoms with E-state index < -0.39 is 17.7 Å². The first-order chi connectivity index (χ1) is 11.5. The summed E-state index contributed by atoms with van der Waals surface area (Å²) in [6.45, 7) is -0.157. The molecule has 1 aliphatic rings. The Bertz CT molecular complexity index is 816. The Morgan fingerprint density at radius 3 is 2.21 bits per heavy atom. The third-order valence-corrected chi connectivity index (χ3v) is 4.26. The summed E-state index contributed by atoms with van der Waals surface area (Å²) in [5.41, 5.74) is 1.32. The summed E-state index contributed by atoms with van der Waals surface area (Å²) >= 11 is 11.9. The van der Waals surface area contributed by atoms with Crippen molar-refractivity contribution >= 4 is 40.9 Å². The zero-order chi connectivity index (χ0) is 17.3. The SMILES string of the molecule is O=C(CN1C(=O)c2ccccc2C1=O)NCc1ccc(Cl)cc1Cl. The highest BCUT2D eigenvalue weighted by atomic mass is 35.5. The van der Waals surface area contributed by atoms with Crippen LogP contribution >= 0.6 is 23.2 Å². The molecular weight excluding hydrogens is 351 g/mol. The molecule has 0 aliphatic carbocycles. The molecule has 3 amide bonds. The van der Waals surface area contributed by atoms with E-state index in [2.05, 4.69) is 5.32 Å². The van der Waals surface area contributed by atoms with E-state index in [1.807, 2.05) is 0 Å². The summed E-state index contributed by atoms with van der Waals surface area (Å²) in [7, 11) is 0. The number of rotatable bonds is 4. The van der Waals surface area contributed by atoms with Crippen LogP contribution in [-0.2, 0) is 11.3 Å². The maximum absolute atomic E-state index is 12.2. The third kappa shape index (κ3) is 3.13. The summed E-state index contributed by atoms with van der Waals surface area (Å²) in [5, 5.41) is 3.58. The average Bonchev–Trinajstić information content (AvgIpc) is 2.79. The molecule has 2 aromatic carbocycles. The van der Waals surface area contributed by atoms with Crippen LogP contribution in [0.15, 0.2) is 42.5 Å². The van der Waals surface area contributed by atoms with Gasteiger partial charge in [0.05, 0.1) is 11.1 Å². The second-order valence-electron chi connectivity index (χ2n) is 5.25. The lowest BCUT2D eigenvalue weighted by Crippen LogP contribution is -2.40. The van der Waals surface area contributed by atoms with Gasteiger partial charge in [0.1, 0.15) is 6.54 Å². The van der Waals surface area contributed by atoms with E-state index in [1.54, 1.807) is 42.5 Å². The minimum Gasteiger partial charge on any atom is -0.350 e. The molecule has 0 spiro atoms. The molecule has 0 saturated carbocycles. The van der Waals surface area contributed by atoms with Gasteiger partial charge in [-0.15, -0.1) is 0 Å². The number of nitrogens with zero attached hydrogens (tertiary/aromatic N) is 1. The molecule has 0 aromatic heterocycles. The maximum atomic E-state index is 12.2. The molecule has 1 heterocycles. The molecule has 0 saturated heterocycles. The van der Waals surface area contributed by atoms with Gasteiger partial charge in [-0.2, -0.15) is 0 Å². The number of nitrogens with one attached hydrogen (secondary N) is 1. The van der Waals surface area contributed by atoms with Crippen LogP contribution in [0.1, 0.15) is 26.3 Å². The standard InChI is InChI=1S/C17H12Cl2N2O3/c18-11-6-5-10(14(19)7-11)8-20-15(22)9-21-16(23)12-3-1-2-4-13(12)17(21)24/h1-7H,8-9H2,(H,20,22). The predicted octanol–water partition coefficient (Wildman–Crippen LogP) is 2.91. The van der Waals surface area contributed by atoms with E-state index in [0.717, 1.165) is 4.90 Å². The summed E-state index contributed by atoms with van der Waals surface area (Å²) < 4.78 is 0. The Morgan fingerprint density at radius 2 is 1.62 bits per heavy atom. The first kappa shape index (κ1) is 16.5. The molecule has 0 fully saturated rings. The molecule has 2 aromatic rings. The van der Waals surface area contributed by atoms with Gasteiger partial charge in [-0.05, 0) is 29.8 Å². The van der Waals surface area contributed by atoms with Gasteiger partial charge in [-0.25, -0.2) is 0 Å². The van der Waals surface area contributed by atoms with Gasteiger partial charge in [0.25, 0.3) is 11.8 Å². The third-order valence-electron chi connectivity index (χ3n) is 3.67. The van der Waals surface area contributed by atoms with Crippen molar-refractivity contribution in [3.8, 4) is 0 Å². The van der Waals surface area contributed by atoms with Crippen LogP contribution in [0, 0.1) is 0 Å². The summed E-state index contributed by atoms with van der Waals surface area (Å²) in [6, 6.07) is 11.4. The summed E-state index contributed by atoms with van der Waals surface area (Å²) in [5.74, 6) is -1.37. The van der Waals surface area contributed by atoms with E-state index in [-0.39, 0.29) is 13.1 Å². The van der Waals surface area contributed by atoms with Crippen molar-refractivity contribution in [2.24, 2.45) is 0 Å². The molecule has 0 unspecified atom stereocenters.